The van der Waals surface area contributed by atoms with Crippen LogP contribution in [0, 0.1) is 0 Å². The molecule has 1 saturated heterocycles. The second-order valence-electron chi connectivity index (χ2n) is 5.82. The summed E-state index contributed by atoms with van der Waals surface area (Å²) < 4.78 is 11.8. The Hall–Kier alpha value is -2.98. The molecule has 2 aromatic heterocycles. The molecule has 0 spiro atoms. The van der Waals surface area contributed by atoms with Crippen LogP contribution in [0.5, 0.6) is 5.75 Å². The minimum atomic E-state index is -0.650. The topological polar surface area (TPSA) is 145 Å². The van der Waals surface area contributed by atoms with Gasteiger partial charge in [-0.15, -0.1) is 0 Å². The van der Waals surface area contributed by atoms with Gasteiger partial charge in [-0.25, -0.2) is 4.98 Å². The van der Waals surface area contributed by atoms with Gasteiger partial charge < -0.3 is 25.6 Å². The van der Waals surface area contributed by atoms with E-state index in [4.69, 9.17) is 15.2 Å². The van der Waals surface area contributed by atoms with Crippen molar-refractivity contribution in [3.63, 3.8) is 0 Å². The van der Waals surface area contributed by atoms with Crippen molar-refractivity contribution in [1.82, 2.24) is 14.7 Å². The first-order chi connectivity index (χ1) is 12.5. The molecule has 4 N–H and O–H groups in total. The molecule has 3 rings (SSSR count). The number of carbonyl (C=O) groups is 2. The number of primary amides is 1. The van der Waals surface area contributed by atoms with Crippen LogP contribution in [-0.2, 0) is 14.3 Å². The van der Waals surface area contributed by atoms with Crippen LogP contribution in [-0.4, -0.2) is 58.3 Å². The first-order valence-electron chi connectivity index (χ1n) is 7.95. The second kappa shape index (κ2) is 7.50. The minimum absolute atomic E-state index is 0.0534. The van der Waals surface area contributed by atoms with Crippen molar-refractivity contribution in [1.29, 1.82) is 0 Å². The number of ether oxygens (including phenoxy) is 2. The molecule has 10 heteroatoms. The number of aromatic nitrogens is 2. The zero-order chi connectivity index (χ0) is 18.7. The van der Waals surface area contributed by atoms with E-state index in [1.807, 2.05) is 0 Å². The highest BCUT2D eigenvalue weighted by molar-refractivity contribution is 5.94. The van der Waals surface area contributed by atoms with Crippen molar-refractivity contribution in [3.8, 4) is 5.75 Å². The monoisotopic (exact) mass is 362 g/mol. The van der Waals surface area contributed by atoms with Crippen LogP contribution in [0.15, 0.2) is 29.3 Å². The van der Waals surface area contributed by atoms with Crippen LogP contribution in [0.2, 0.25) is 0 Å². The van der Waals surface area contributed by atoms with Crippen LogP contribution >= 0.6 is 0 Å². The van der Waals surface area contributed by atoms with Gasteiger partial charge in [-0.05, 0) is 18.6 Å². The molecule has 0 aromatic carbocycles. The Morgan fingerprint density at radius 1 is 1.50 bits per heavy atom. The van der Waals surface area contributed by atoms with Gasteiger partial charge in [-0.1, -0.05) is 0 Å². The van der Waals surface area contributed by atoms with Crippen molar-refractivity contribution < 1.29 is 24.2 Å². The summed E-state index contributed by atoms with van der Waals surface area (Å²) in [4.78, 5) is 39.9. The van der Waals surface area contributed by atoms with Gasteiger partial charge >= 0.3 is 0 Å². The van der Waals surface area contributed by atoms with Gasteiger partial charge in [0.1, 0.15) is 12.2 Å². The summed E-state index contributed by atoms with van der Waals surface area (Å²) in [6.45, 7) is 0.337. The van der Waals surface area contributed by atoms with Gasteiger partial charge in [0.2, 0.25) is 5.91 Å². The van der Waals surface area contributed by atoms with Gasteiger partial charge in [0.05, 0.1) is 18.8 Å². The highest BCUT2D eigenvalue weighted by atomic mass is 16.5. The summed E-state index contributed by atoms with van der Waals surface area (Å²) in [5, 5.41) is 12.4. The minimum Gasteiger partial charge on any atom is -0.504 e. The average molecular weight is 362 g/mol. The van der Waals surface area contributed by atoms with Gasteiger partial charge in [-0.3, -0.25) is 18.8 Å². The number of aromatic hydroxyl groups is 1. The molecule has 26 heavy (non-hydrogen) atoms. The molecule has 1 aliphatic rings. The Morgan fingerprint density at radius 3 is 3.08 bits per heavy atom. The molecule has 1 aliphatic heterocycles. The molecule has 0 saturated carbocycles. The molecule has 2 aromatic rings. The molecule has 2 amide bonds. The molecule has 10 nitrogen and oxygen atoms in total. The average Bonchev–Trinajstić information content (AvgIpc) is 2.62. The van der Waals surface area contributed by atoms with E-state index < -0.39 is 29.5 Å². The zero-order valence-electron chi connectivity index (χ0n) is 13.8. The quantitative estimate of drug-likeness (QED) is 0.605. The van der Waals surface area contributed by atoms with Crippen LogP contribution < -0.4 is 16.6 Å². The smallest absolute Gasteiger partial charge is 0.270 e. The summed E-state index contributed by atoms with van der Waals surface area (Å²) in [5.74, 6) is -1.43. The van der Waals surface area contributed by atoms with Crippen molar-refractivity contribution in [2.45, 2.75) is 18.6 Å². The third-order valence-electron chi connectivity index (χ3n) is 4.01. The number of rotatable bonds is 5. The fourth-order valence-corrected chi connectivity index (χ4v) is 2.74. The standard InChI is InChI=1S/C16H18N4O6/c17-13(22)8-26-12-3-5-25-7-10(12)19-15(23)9-6-18-14-11(21)2-1-4-20(14)16(9)24/h1-2,4,6,10,12,21H,3,5,7-8H2,(H2,17,22)(H,19,23)/t10-,12+/m0/s1. The molecule has 0 radical (unpaired) electrons. The van der Waals surface area contributed by atoms with E-state index >= 15 is 0 Å². The molecule has 2 atom stereocenters. The summed E-state index contributed by atoms with van der Waals surface area (Å²) in [5.41, 5.74) is 4.33. The molecule has 0 aliphatic carbocycles. The van der Waals surface area contributed by atoms with E-state index in [1.54, 1.807) is 0 Å². The van der Waals surface area contributed by atoms with E-state index in [0.717, 1.165) is 10.6 Å². The fourth-order valence-electron chi connectivity index (χ4n) is 2.74. The number of carbonyl (C=O) groups excluding carboxylic acids is 2. The van der Waals surface area contributed by atoms with Crippen molar-refractivity contribution in [2.75, 3.05) is 19.8 Å². The van der Waals surface area contributed by atoms with Crippen LogP contribution in [0.25, 0.3) is 5.65 Å². The lowest BCUT2D eigenvalue weighted by atomic mass is 10.1. The van der Waals surface area contributed by atoms with Crippen LogP contribution in [0.4, 0.5) is 0 Å². The molecule has 1 fully saturated rings. The van der Waals surface area contributed by atoms with E-state index in [2.05, 4.69) is 10.3 Å². The summed E-state index contributed by atoms with van der Waals surface area (Å²) >= 11 is 0. The largest absolute Gasteiger partial charge is 0.504 e. The molecular formula is C16H18N4O6. The molecule has 3 heterocycles. The Kier molecular flexibility index (Phi) is 5.14. The van der Waals surface area contributed by atoms with Gasteiger partial charge in [0, 0.05) is 19.0 Å². The second-order valence-corrected chi connectivity index (χ2v) is 5.82. The lowest BCUT2D eigenvalue weighted by molar-refractivity contribution is -0.128. The maximum absolute atomic E-state index is 12.5. The fraction of sp³-hybridized carbons (Fsp3) is 0.375. The number of amides is 2. The van der Waals surface area contributed by atoms with Crippen LogP contribution in [0.1, 0.15) is 16.8 Å². The van der Waals surface area contributed by atoms with E-state index in [9.17, 15) is 19.5 Å². The highest BCUT2D eigenvalue weighted by Crippen LogP contribution is 2.14. The number of pyridine rings is 1. The Labute approximate surface area is 147 Å². The first-order valence-corrected chi connectivity index (χ1v) is 7.95. The van der Waals surface area contributed by atoms with Gasteiger partial charge in [0.25, 0.3) is 11.5 Å². The molecule has 0 unspecified atom stereocenters. The Morgan fingerprint density at radius 2 is 2.31 bits per heavy atom. The normalized spacial score (nSPS) is 20.0. The van der Waals surface area contributed by atoms with Gasteiger partial charge in [0.15, 0.2) is 11.4 Å². The number of hydrogen-bond donors (Lipinski definition) is 3. The summed E-state index contributed by atoms with van der Waals surface area (Å²) in [7, 11) is 0. The van der Waals surface area contributed by atoms with E-state index in [1.165, 1.54) is 18.3 Å². The summed E-state index contributed by atoms with van der Waals surface area (Å²) in [6, 6.07) is 2.32. The zero-order valence-corrected chi connectivity index (χ0v) is 13.8. The lowest BCUT2D eigenvalue weighted by Crippen LogP contribution is -2.52. The van der Waals surface area contributed by atoms with Crippen molar-refractivity contribution in [2.24, 2.45) is 5.73 Å². The van der Waals surface area contributed by atoms with E-state index in [-0.39, 0.29) is 30.2 Å². The highest BCUT2D eigenvalue weighted by Gasteiger charge is 2.29. The number of nitrogens with two attached hydrogens (primary N) is 1. The third kappa shape index (κ3) is 3.65. The predicted molar refractivity (Wildman–Crippen MR) is 88.8 cm³/mol. The Bertz CT molecular complexity index is 896. The first kappa shape index (κ1) is 17.8. The van der Waals surface area contributed by atoms with E-state index in [0.29, 0.717) is 13.0 Å². The molecule has 0 bridgehead atoms. The number of fused-ring (bicyclic) bond motifs is 1. The molecular weight excluding hydrogens is 344 g/mol. The third-order valence-corrected chi connectivity index (χ3v) is 4.01. The van der Waals surface area contributed by atoms with Crippen molar-refractivity contribution in [3.05, 3.63) is 40.4 Å². The predicted octanol–water partition coefficient (Wildman–Crippen LogP) is -1.21. The number of nitrogens with zero attached hydrogens (tertiary/aromatic N) is 2. The number of nitrogens with one attached hydrogen (secondary N) is 1. The summed E-state index contributed by atoms with van der Waals surface area (Å²) in [6.07, 6.45) is 2.53. The SMILES string of the molecule is NC(=O)CO[C@@H]1CCOC[C@@H]1NC(=O)c1cnc2c(O)cccn2c1=O. The van der Waals surface area contributed by atoms with Crippen molar-refractivity contribution >= 4 is 17.5 Å². The lowest BCUT2D eigenvalue weighted by Gasteiger charge is -2.31. The van der Waals surface area contributed by atoms with Gasteiger partial charge in [-0.2, -0.15) is 0 Å². The molecule has 138 valence electrons. The Balaban J connectivity index is 1.80. The van der Waals surface area contributed by atoms with Crippen LogP contribution in [0.3, 0.4) is 0 Å². The number of hydrogen-bond acceptors (Lipinski definition) is 7. The maximum Gasteiger partial charge on any atom is 0.270 e. The maximum atomic E-state index is 12.5.